The fraction of sp³-hybridized carbons (Fsp3) is 0.846. The van der Waals surface area contributed by atoms with Crippen LogP contribution in [0.1, 0.15) is 25.7 Å². The van der Waals surface area contributed by atoms with E-state index in [1.807, 2.05) is 11.8 Å². The van der Waals surface area contributed by atoms with Crippen LogP contribution in [0.15, 0.2) is 0 Å². The van der Waals surface area contributed by atoms with E-state index < -0.39 is 0 Å². The molecule has 1 unspecified atom stereocenters. The van der Waals surface area contributed by atoms with Crippen molar-refractivity contribution in [3.63, 3.8) is 0 Å². The van der Waals surface area contributed by atoms with Gasteiger partial charge in [0.1, 0.15) is 0 Å². The summed E-state index contributed by atoms with van der Waals surface area (Å²) in [7, 11) is 1.78. The second kappa shape index (κ2) is 8.39. The van der Waals surface area contributed by atoms with E-state index in [0.717, 1.165) is 18.3 Å². The molecule has 1 aliphatic rings. The van der Waals surface area contributed by atoms with E-state index in [9.17, 15) is 4.79 Å². The fourth-order valence-corrected chi connectivity index (χ4v) is 2.92. The zero-order valence-electron chi connectivity index (χ0n) is 11.4. The molecule has 102 valence electrons. The summed E-state index contributed by atoms with van der Waals surface area (Å²) in [4.78, 5) is 15.9. The van der Waals surface area contributed by atoms with Crippen LogP contribution in [0.4, 0.5) is 0 Å². The van der Waals surface area contributed by atoms with Crippen LogP contribution in [0.25, 0.3) is 0 Å². The number of hydrogen-bond acceptors (Lipinski definition) is 4. The van der Waals surface area contributed by atoms with Crippen molar-refractivity contribution in [3.05, 3.63) is 0 Å². The number of nitrogens with zero attached hydrogens (tertiary/aromatic N) is 3. The van der Waals surface area contributed by atoms with Crippen LogP contribution in [0.5, 0.6) is 0 Å². The molecule has 0 aromatic carbocycles. The average Bonchev–Trinajstić information content (AvgIpc) is 2.61. The van der Waals surface area contributed by atoms with Crippen molar-refractivity contribution in [2.24, 2.45) is 0 Å². The van der Waals surface area contributed by atoms with Gasteiger partial charge in [-0.2, -0.15) is 17.0 Å². The lowest BCUT2D eigenvalue weighted by Gasteiger charge is -2.23. The minimum Gasteiger partial charge on any atom is -0.344 e. The largest absolute Gasteiger partial charge is 0.344 e. The first kappa shape index (κ1) is 15.3. The molecule has 1 amide bonds. The SMILES string of the molecule is CSC1CCCN(CC(=O)N(C)CCC#N)CC1. The van der Waals surface area contributed by atoms with Crippen molar-refractivity contribution >= 4 is 17.7 Å². The highest BCUT2D eigenvalue weighted by molar-refractivity contribution is 7.99. The number of nitriles is 1. The minimum atomic E-state index is 0.132. The van der Waals surface area contributed by atoms with Crippen molar-refractivity contribution in [2.45, 2.75) is 30.9 Å². The highest BCUT2D eigenvalue weighted by atomic mass is 32.2. The Morgan fingerprint density at radius 1 is 1.50 bits per heavy atom. The summed E-state index contributed by atoms with van der Waals surface area (Å²) >= 11 is 1.94. The van der Waals surface area contributed by atoms with Gasteiger partial charge in [-0.15, -0.1) is 0 Å². The van der Waals surface area contributed by atoms with Crippen molar-refractivity contribution < 1.29 is 4.79 Å². The van der Waals surface area contributed by atoms with Crippen molar-refractivity contribution in [1.82, 2.24) is 9.80 Å². The van der Waals surface area contributed by atoms with Crippen LogP contribution in [-0.4, -0.2) is 60.4 Å². The van der Waals surface area contributed by atoms with Gasteiger partial charge in [0.2, 0.25) is 5.91 Å². The van der Waals surface area contributed by atoms with E-state index >= 15 is 0 Å². The molecule has 0 aromatic rings. The van der Waals surface area contributed by atoms with Crippen LogP contribution >= 0.6 is 11.8 Å². The minimum absolute atomic E-state index is 0.132. The number of thioether (sulfide) groups is 1. The van der Waals surface area contributed by atoms with Crippen LogP contribution in [-0.2, 0) is 4.79 Å². The summed E-state index contributed by atoms with van der Waals surface area (Å²) < 4.78 is 0. The molecule has 1 heterocycles. The van der Waals surface area contributed by atoms with Crippen molar-refractivity contribution in [1.29, 1.82) is 5.26 Å². The van der Waals surface area contributed by atoms with Gasteiger partial charge in [-0.1, -0.05) is 0 Å². The average molecular weight is 269 g/mol. The van der Waals surface area contributed by atoms with Gasteiger partial charge in [0.25, 0.3) is 0 Å². The zero-order chi connectivity index (χ0) is 13.4. The highest BCUT2D eigenvalue weighted by Gasteiger charge is 2.19. The quantitative estimate of drug-likeness (QED) is 0.760. The molecule has 0 aromatic heterocycles. The summed E-state index contributed by atoms with van der Waals surface area (Å²) in [6.45, 7) is 3.08. The van der Waals surface area contributed by atoms with Gasteiger partial charge >= 0.3 is 0 Å². The molecule has 0 spiro atoms. The van der Waals surface area contributed by atoms with E-state index in [0.29, 0.717) is 19.5 Å². The van der Waals surface area contributed by atoms with Crippen LogP contribution in [0.3, 0.4) is 0 Å². The maximum Gasteiger partial charge on any atom is 0.236 e. The van der Waals surface area contributed by atoms with Crippen molar-refractivity contribution in [3.8, 4) is 6.07 Å². The van der Waals surface area contributed by atoms with Crippen LogP contribution in [0, 0.1) is 11.3 Å². The lowest BCUT2D eigenvalue weighted by molar-refractivity contribution is -0.131. The molecule has 4 nitrogen and oxygen atoms in total. The van der Waals surface area contributed by atoms with Gasteiger partial charge in [-0.25, -0.2) is 0 Å². The third kappa shape index (κ3) is 5.28. The summed E-state index contributed by atoms with van der Waals surface area (Å²) in [6.07, 6.45) is 6.20. The Bertz CT molecular complexity index is 303. The molecule has 0 N–H and O–H groups in total. The summed E-state index contributed by atoms with van der Waals surface area (Å²) in [5.74, 6) is 0.132. The lowest BCUT2D eigenvalue weighted by atomic mass is 10.2. The van der Waals surface area contributed by atoms with E-state index in [4.69, 9.17) is 5.26 Å². The number of likely N-dealkylation sites (tertiary alicyclic amines) is 1. The van der Waals surface area contributed by atoms with Crippen LogP contribution < -0.4 is 0 Å². The Hall–Kier alpha value is -0.730. The molecular weight excluding hydrogens is 246 g/mol. The summed E-state index contributed by atoms with van der Waals surface area (Å²) in [5, 5.41) is 9.26. The Morgan fingerprint density at radius 2 is 2.28 bits per heavy atom. The first-order valence-corrected chi connectivity index (χ1v) is 7.82. The second-order valence-corrected chi connectivity index (χ2v) is 5.93. The molecule has 0 saturated carbocycles. The summed E-state index contributed by atoms with van der Waals surface area (Å²) in [6, 6.07) is 2.07. The Balaban J connectivity index is 2.33. The number of carbonyl (C=O) groups excluding carboxylic acids is 1. The highest BCUT2D eigenvalue weighted by Crippen LogP contribution is 2.20. The molecule has 0 aliphatic carbocycles. The van der Waals surface area contributed by atoms with E-state index in [1.54, 1.807) is 11.9 Å². The number of likely N-dealkylation sites (N-methyl/N-ethyl adjacent to an activating group) is 1. The maximum absolute atomic E-state index is 12.0. The topological polar surface area (TPSA) is 47.3 Å². The smallest absolute Gasteiger partial charge is 0.236 e. The molecule has 18 heavy (non-hydrogen) atoms. The third-order valence-electron chi connectivity index (χ3n) is 3.44. The van der Waals surface area contributed by atoms with Gasteiger partial charge < -0.3 is 4.90 Å². The zero-order valence-corrected chi connectivity index (χ0v) is 12.2. The fourth-order valence-electron chi connectivity index (χ4n) is 2.17. The normalized spacial score (nSPS) is 21.1. The van der Waals surface area contributed by atoms with Gasteiger partial charge in [0.15, 0.2) is 0 Å². The number of carbonyl (C=O) groups is 1. The predicted octanol–water partition coefficient (Wildman–Crippen LogP) is 1.58. The monoisotopic (exact) mass is 269 g/mol. The van der Waals surface area contributed by atoms with E-state index in [1.165, 1.54) is 19.3 Å². The Labute approximate surface area is 114 Å². The molecule has 1 fully saturated rings. The van der Waals surface area contributed by atoms with Crippen molar-refractivity contribution in [2.75, 3.05) is 39.5 Å². The van der Waals surface area contributed by atoms with E-state index in [-0.39, 0.29) is 5.91 Å². The third-order valence-corrected chi connectivity index (χ3v) is 4.58. The Kier molecular flexibility index (Phi) is 7.14. The molecule has 1 atom stereocenters. The molecule has 5 heteroatoms. The second-order valence-electron chi connectivity index (χ2n) is 4.79. The van der Waals surface area contributed by atoms with Gasteiger partial charge in [-0.05, 0) is 38.6 Å². The maximum atomic E-state index is 12.0. The first-order valence-electron chi connectivity index (χ1n) is 6.53. The summed E-state index contributed by atoms with van der Waals surface area (Å²) in [5.41, 5.74) is 0. The number of amides is 1. The number of rotatable bonds is 5. The predicted molar refractivity (Wildman–Crippen MR) is 75.5 cm³/mol. The Morgan fingerprint density at radius 3 is 2.94 bits per heavy atom. The van der Waals surface area contributed by atoms with E-state index in [2.05, 4.69) is 17.2 Å². The molecule has 1 aliphatic heterocycles. The van der Waals surface area contributed by atoms with Crippen LogP contribution in [0.2, 0.25) is 0 Å². The van der Waals surface area contributed by atoms with Gasteiger partial charge in [-0.3, -0.25) is 9.69 Å². The van der Waals surface area contributed by atoms with Gasteiger partial charge in [0.05, 0.1) is 19.0 Å². The molecule has 0 bridgehead atoms. The lowest BCUT2D eigenvalue weighted by Crippen LogP contribution is -2.39. The number of hydrogen-bond donors (Lipinski definition) is 0. The van der Waals surface area contributed by atoms with Gasteiger partial charge in [0, 0.05) is 18.8 Å². The first-order chi connectivity index (χ1) is 8.67. The standard InChI is InChI=1S/C13H23N3OS/c1-15(8-4-7-14)13(17)11-16-9-3-5-12(18-2)6-10-16/h12H,3-6,8-11H2,1-2H3. The molecule has 0 radical (unpaired) electrons. The molecule has 1 saturated heterocycles. The molecular formula is C13H23N3OS. The molecule has 1 rings (SSSR count).